The molecule has 1 nitrogen and oxygen atoms in total. The highest BCUT2D eigenvalue weighted by Crippen LogP contribution is 2.24. The molecule has 0 radical (unpaired) electrons. The summed E-state index contributed by atoms with van der Waals surface area (Å²) in [5.41, 5.74) is 7.38. The van der Waals surface area contributed by atoms with Crippen molar-refractivity contribution in [1.29, 1.82) is 0 Å². The molecule has 1 rings (SSSR count). The van der Waals surface area contributed by atoms with Gasteiger partial charge in [0.1, 0.15) is 0 Å². The van der Waals surface area contributed by atoms with E-state index in [4.69, 9.17) is 0 Å². The number of nitrogens with one attached hydrogen (secondary N) is 1. The summed E-state index contributed by atoms with van der Waals surface area (Å²) in [6.07, 6.45) is 10.4. The van der Waals surface area contributed by atoms with Crippen LogP contribution in [0.25, 0.3) is 5.57 Å². The first-order valence-corrected chi connectivity index (χ1v) is 9.04. The fraction of sp³-hybridized carbons (Fsp3) is 0.333. The fourth-order valence-corrected chi connectivity index (χ4v) is 2.60. The van der Waals surface area contributed by atoms with Gasteiger partial charge in [-0.25, -0.2) is 0 Å². The molecule has 1 unspecified atom stereocenters. The lowest BCUT2D eigenvalue weighted by Gasteiger charge is -2.19. The molecule has 1 aromatic rings. The first-order valence-electron chi connectivity index (χ1n) is 9.04. The second kappa shape index (κ2) is 10.6. The third-order valence-corrected chi connectivity index (χ3v) is 4.53. The van der Waals surface area contributed by atoms with Crippen LogP contribution in [0.3, 0.4) is 0 Å². The van der Waals surface area contributed by atoms with Crippen LogP contribution in [-0.4, -0.2) is 6.04 Å². The Labute approximate surface area is 154 Å². The maximum Gasteiger partial charge on any atom is 0.0476 e. The summed E-state index contributed by atoms with van der Waals surface area (Å²) in [6.45, 7) is 18.9. The normalized spacial score (nSPS) is 13.8. The molecule has 1 heteroatoms. The summed E-state index contributed by atoms with van der Waals surface area (Å²) < 4.78 is 0. The van der Waals surface area contributed by atoms with Gasteiger partial charge in [-0.05, 0) is 69.7 Å². The Hall–Kier alpha value is -2.28. The summed E-state index contributed by atoms with van der Waals surface area (Å²) in [6, 6.07) is 8.73. The molecule has 0 fully saturated rings. The quantitative estimate of drug-likeness (QED) is 0.492. The smallest absolute Gasteiger partial charge is 0.0476 e. The maximum absolute atomic E-state index is 4.20. The number of benzene rings is 1. The maximum atomic E-state index is 4.20. The molecule has 0 bridgehead atoms. The van der Waals surface area contributed by atoms with Gasteiger partial charge in [-0.1, -0.05) is 67.3 Å². The molecule has 0 aliphatic heterocycles. The van der Waals surface area contributed by atoms with Crippen LogP contribution in [0.4, 0.5) is 0 Å². The topological polar surface area (TPSA) is 12.0 Å². The number of allylic oxidation sites excluding steroid dienone is 6. The van der Waals surface area contributed by atoms with Crippen molar-refractivity contribution in [2.75, 3.05) is 0 Å². The van der Waals surface area contributed by atoms with Gasteiger partial charge in [0, 0.05) is 11.7 Å². The summed E-state index contributed by atoms with van der Waals surface area (Å²) >= 11 is 0. The largest absolute Gasteiger partial charge is 0.382 e. The van der Waals surface area contributed by atoms with Crippen LogP contribution >= 0.6 is 0 Å². The van der Waals surface area contributed by atoms with Gasteiger partial charge in [0.15, 0.2) is 0 Å². The van der Waals surface area contributed by atoms with Crippen LogP contribution in [0.2, 0.25) is 0 Å². The third kappa shape index (κ3) is 7.01. The second-order valence-corrected chi connectivity index (χ2v) is 6.54. The van der Waals surface area contributed by atoms with Crippen LogP contribution in [-0.2, 0) is 0 Å². The number of hydrogen-bond donors (Lipinski definition) is 1. The van der Waals surface area contributed by atoms with Gasteiger partial charge in [-0.15, -0.1) is 0 Å². The lowest BCUT2D eigenvalue weighted by molar-refractivity contribution is 0.679. The van der Waals surface area contributed by atoms with E-state index < -0.39 is 0 Å². The van der Waals surface area contributed by atoms with Crippen molar-refractivity contribution >= 4 is 5.57 Å². The molecule has 25 heavy (non-hydrogen) atoms. The molecule has 1 aromatic carbocycles. The molecule has 0 aliphatic carbocycles. The molecule has 0 spiro atoms. The molecule has 0 saturated heterocycles. The van der Waals surface area contributed by atoms with Crippen molar-refractivity contribution in [1.82, 2.24) is 5.32 Å². The van der Waals surface area contributed by atoms with E-state index in [0.717, 1.165) is 24.1 Å². The van der Waals surface area contributed by atoms with E-state index >= 15 is 0 Å². The Morgan fingerprint density at radius 1 is 1.08 bits per heavy atom. The fourth-order valence-electron chi connectivity index (χ4n) is 2.60. The lowest BCUT2D eigenvalue weighted by Crippen LogP contribution is -2.26. The Morgan fingerprint density at radius 2 is 1.76 bits per heavy atom. The first-order chi connectivity index (χ1) is 11.9. The van der Waals surface area contributed by atoms with Gasteiger partial charge in [-0.2, -0.15) is 0 Å². The molecule has 1 atom stereocenters. The molecule has 0 saturated carbocycles. The minimum Gasteiger partial charge on any atom is -0.382 e. The first kappa shape index (κ1) is 20.8. The van der Waals surface area contributed by atoms with E-state index in [1.807, 2.05) is 6.92 Å². The van der Waals surface area contributed by atoms with E-state index in [1.54, 1.807) is 0 Å². The van der Waals surface area contributed by atoms with Gasteiger partial charge < -0.3 is 5.32 Å². The SMILES string of the molecule is C=C(CC/C(=C/C)c1ccccc1C)NC(C)C(=C)/C=C\C(C)=C/C. The number of rotatable bonds is 9. The molecule has 0 aliphatic rings. The average Bonchev–Trinajstić information content (AvgIpc) is 2.60. The highest BCUT2D eigenvalue weighted by molar-refractivity contribution is 5.68. The predicted molar refractivity (Wildman–Crippen MR) is 114 cm³/mol. The van der Waals surface area contributed by atoms with E-state index in [2.05, 4.69) is 94.7 Å². The molecule has 0 aromatic heterocycles. The van der Waals surface area contributed by atoms with Gasteiger partial charge >= 0.3 is 0 Å². The summed E-state index contributed by atoms with van der Waals surface area (Å²) in [5.74, 6) is 0. The Balaban J connectivity index is 2.58. The molecule has 0 heterocycles. The van der Waals surface area contributed by atoms with Crippen molar-refractivity contribution in [3.8, 4) is 0 Å². The molecular weight excluding hydrogens is 302 g/mol. The van der Waals surface area contributed by atoms with Gasteiger partial charge in [0.25, 0.3) is 0 Å². The molecule has 134 valence electrons. The number of hydrogen-bond acceptors (Lipinski definition) is 1. The van der Waals surface area contributed by atoms with E-state index in [0.29, 0.717) is 0 Å². The van der Waals surface area contributed by atoms with E-state index in [-0.39, 0.29) is 6.04 Å². The third-order valence-electron chi connectivity index (χ3n) is 4.53. The predicted octanol–water partition coefficient (Wildman–Crippen LogP) is 6.75. The second-order valence-electron chi connectivity index (χ2n) is 6.54. The molecule has 0 amide bonds. The molecule has 1 N–H and O–H groups in total. The van der Waals surface area contributed by atoms with Crippen LogP contribution in [0.1, 0.15) is 51.7 Å². The van der Waals surface area contributed by atoms with Gasteiger partial charge in [0.2, 0.25) is 0 Å². The Morgan fingerprint density at radius 3 is 2.36 bits per heavy atom. The Kier molecular flexibility index (Phi) is 8.77. The van der Waals surface area contributed by atoms with Crippen molar-refractivity contribution in [2.45, 2.75) is 53.5 Å². The Bertz CT molecular complexity index is 686. The van der Waals surface area contributed by atoms with Gasteiger partial charge in [-0.3, -0.25) is 0 Å². The standard InChI is InChI=1S/C24H33N/c1-8-18(3)14-15-19(4)22(7)25-21(6)16-17-23(9-2)24-13-11-10-12-20(24)5/h8-15,22,25H,4,6,16-17H2,1-3,5,7H3/b15-14-,18-8-,23-9-. The summed E-state index contributed by atoms with van der Waals surface area (Å²) in [7, 11) is 0. The van der Waals surface area contributed by atoms with Crippen LogP contribution in [0, 0.1) is 6.92 Å². The minimum atomic E-state index is 0.181. The van der Waals surface area contributed by atoms with Crippen molar-refractivity contribution in [3.05, 3.63) is 89.7 Å². The number of aryl methyl sites for hydroxylation is 1. The zero-order valence-electron chi connectivity index (χ0n) is 16.5. The zero-order valence-corrected chi connectivity index (χ0v) is 16.5. The summed E-state index contributed by atoms with van der Waals surface area (Å²) in [5, 5.41) is 3.47. The zero-order chi connectivity index (χ0) is 18.8. The monoisotopic (exact) mass is 335 g/mol. The van der Waals surface area contributed by atoms with Crippen molar-refractivity contribution < 1.29 is 0 Å². The van der Waals surface area contributed by atoms with Crippen LogP contribution < -0.4 is 5.32 Å². The molecular formula is C24H33N. The van der Waals surface area contributed by atoms with E-state index in [9.17, 15) is 0 Å². The summed E-state index contributed by atoms with van der Waals surface area (Å²) in [4.78, 5) is 0. The highest BCUT2D eigenvalue weighted by atomic mass is 14.9. The van der Waals surface area contributed by atoms with Crippen molar-refractivity contribution in [2.24, 2.45) is 0 Å². The van der Waals surface area contributed by atoms with Crippen LogP contribution in [0.15, 0.2) is 78.6 Å². The lowest BCUT2D eigenvalue weighted by atomic mass is 9.96. The van der Waals surface area contributed by atoms with Crippen LogP contribution in [0.5, 0.6) is 0 Å². The minimum absolute atomic E-state index is 0.181. The highest BCUT2D eigenvalue weighted by Gasteiger charge is 2.08. The van der Waals surface area contributed by atoms with Crippen molar-refractivity contribution in [3.63, 3.8) is 0 Å². The van der Waals surface area contributed by atoms with E-state index in [1.165, 1.54) is 22.3 Å². The van der Waals surface area contributed by atoms with Gasteiger partial charge in [0.05, 0.1) is 0 Å². The average molecular weight is 336 g/mol.